The fraction of sp³-hybridized carbons (Fsp3) is 0.346. The Hall–Kier alpha value is -3.43. The van der Waals surface area contributed by atoms with Crippen molar-refractivity contribution in [2.75, 3.05) is 30.3 Å². The lowest BCUT2D eigenvalue weighted by molar-refractivity contribution is -0.119. The predicted octanol–water partition coefficient (Wildman–Crippen LogP) is 4.42. The highest BCUT2D eigenvalue weighted by Crippen LogP contribution is 2.38. The number of carbonyl (C=O) groups is 1. The Labute approximate surface area is 224 Å². The zero-order valence-corrected chi connectivity index (χ0v) is 21.8. The van der Waals surface area contributed by atoms with Gasteiger partial charge in [-0.25, -0.2) is 9.97 Å². The lowest BCUT2D eigenvalue weighted by Crippen LogP contribution is -2.41. The fourth-order valence-corrected chi connectivity index (χ4v) is 5.63. The van der Waals surface area contributed by atoms with E-state index in [1.807, 2.05) is 6.92 Å². The van der Waals surface area contributed by atoms with Crippen LogP contribution in [0, 0.1) is 10.8 Å². The second kappa shape index (κ2) is 10.1. The molecule has 9 nitrogen and oxygen atoms in total. The van der Waals surface area contributed by atoms with Crippen molar-refractivity contribution in [1.29, 1.82) is 5.41 Å². The van der Waals surface area contributed by atoms with Crippen LogP contribution < -0.4 is 20.7 Å². The first-order chi connectivity index (χ1) is 17.7. The van der Waals surface area contributed by atoms with E-state index in [4.69, 9.17) is 39.1 Å². The van der Waals surface area contributed by atoms with E-state index >= 15 is 0 Å². The zero-order valence-electron chi connectivity index (χ0n) is 20.3. The van der Waals surface area contributed by atoms with Gasteiger partial charge in [-0.3, -0.25) is 15.2 Å². The van der Waals surface area contributed by atoms with Crippen molar-refractivity contribution in [2.24, 2.45) is 5.41 Å². The van der Waals surface area contributed by atoms with Crippen LogP contribution in [0.5, 0.6) is 5.75 Å². The normalized spacial score (nSPS) is 17.5. The monoisotopic (exact) mass is 539 g/mol. The highest BCUT2D eigenvalue weighted by Gasteiger charge is 2.41. The topological polar surface area (TPSA) is 130 Å². The number of nitrogens with one attached hydrogen (secondary N) is 2. The Morgan fingerprint density at radius 3 is 2.46 bits per heavy atom. The van der Waals surface area contributed by atoms with Crippen LogP contribution in [0.3, 0.4) is 0 Å². The van der Waals surface area contributed by atoms with Gasteiger partial charge in [-0.2, -0.15) is 0 Å². The molecule has 2 aromatic heterocycles. The summed E-state index contributed by atoms with van der Waals surface area (Å²) in [6, 6.07) is 5.15. The van der Waals surface area contributed by atoms with Gasteiger partial charge in [0.05, 0.1) is 15.8 Å². The van der Waals surface area contributed by atoms with E-state index in [0.29, 0.717) is 50.5 Å². The molecule has 0 unspecified atom stereocenters. The summed E-state index contributed by atoms with van der Waals surface area (Å²) in [6.45, 7) is 4.18. The number of nitrogen functional groups attached to an aromatic ring is 1. The number of halogens is 2. The first-order valence-electron chi connectivity index (χ1n) is 12.0. The molecule has 3 aromatic rings. The molecule has 192 valence electrons. The highest BCUT2D eigenvalue weighted by atomic mass is 35.5. The standard InChI is InChI=1S/C26H27Cl2N7O2/c1-15(23-19(27)12-31-13-20(23)28)37-17-2-3-21(29)18(8-17)24(30)16-10-32-25(33-11-16)35-6-4-26(5-7-35)9-22(36)34-14-26/h2-3,8,10-13,15,30H,4-7,9,14,29H2,1H3,(H,34,36)/t15-/m1/s1. The second-order valence-electron chi connectivity index (χ2n) is 9.61. The van der Waals surface area contributed by atoms with E-state index in [9.17, 15) is 4.79 Å². The summed E-state index contributed by atoms with van der Waals surface area (Å²) >= 11 is 12.5. The molecular weight excluding hydrogens is 513 g/mol. The number of hydrogen-bond donors (Lipinski definition) is 3. The van der Waals surface area contributed by atoms with E-state index < -0.39 is 6.10 Å². The van der Waals surface area contributed by atoms with Crippen molar-refractivity contribution in [3.8, 4) is 5.75 Å². The van der Waals surface area contributed by atoms with Gasteiger partial charge in [0.1, 0.15) is 11.9 Å². The van der Waals surface area contributed by atoms with Gasteiger partial charge in [-0.1, -0.05) is 23.2 Å². The van der Waals surface area contributed by atoms with Crippen LogP contribution >= 0.6 is 23.2 Å². The maximum atomic E-state index is 11.7. The molecule has 2 fully saturated rings. The number of anilines is 2. The van der Waals surface area contributed by atoms with Crippen LogP contribution in [0.4, 0.5) is 11.6 Å². The minimum atomic E-state index is -0.446. The van der Waals surface area contributed by atoms with Gasteiger partial charge in [-0.15, -0.1) is 0 Å². The number of aromatic nitrogens is 3. The molecule has 4 N–H and O–H groups in total. The quantitative estimate of drug-likeness (QED) is 0.312. The molecule has 2 aliphatic rings. The van der Waals surface area contributed by atoms with Crippen LogP contribution in [0.25, 0.3) is 0 Å². The van der Waals surface area contributed by atoms with E-state index in [1.54, 1.807) is 30.6 Å². The van der Waals surface area contributed by atoms with Crippen molar-refractivity contribution in [3.05, 3.63) is 69.7 Å². The molecule has 1 atom stereocenters. The summed E-state index contributed by atoms with van der Waals surface area (Å²) < 4.78 is 6.08. The molecule has 2 aliphatic heterocycles. The molecule has 11 heteroatoms. The molecule has 0 aliphatic carbocycles. The molecule has 1 amide bonds. The van der Waals surface area contributed by atoms with Crippen LogP contribution in [-0.2, 0) is 4.79 Å². The summed E-state index contributed by atoms with van der Waals surface area (Å²) in [4.78, 5) is 26.8. The summed E-state index contributed by atoms with van der Waals surface area (Å²) in [6.07, 6.45) is 8.32. The van der Waals surface area contributed by atoms with Crippen molar-refractivity contribution < 1.29 is 9.53 Å². The average molecular weight is 540 g/mol. The average Bonchev–Trinajstić information content (AvgIpc) is 3.25. The highest BCUT2D eigenvalue weighted by molar-refractivity contribution is 6.35. The van der Waals surface area contributed by atoms with Crippen LogP contribution in [0.1, 0.15) is 49.0 Å². The van der Waals surface area contributed by atoms with E-state index in [1.165, 1.54) is 12.4 Å². The molecule has 2 saturated heterocycles. The van der Waals surface area contributed by atoms with Crippen molar-refractivity contribution in [3.63, 3.8) is 0 Å². The lowest BCUT2D eigenvalue weighted by Gasteiger charge is -2.38. The Balaban J connectivity index is 1.28. The summed E-state index contributed by atoms with van der Waals surface area (Å²) in [5, 5.41) is 12.5. The smallest absolute Gasteiger partial charge is 0.225 e. The zero-order chi connectivity index (χ0) is 26.2. The summed E-state index contributed by atoms with van der Waals surface area (Å²) in [5.41, 5.74) is 8.58. The van der Waals surface area contributed by atoms with Gasteiger partial charge in [0, 0.05) is 73.2 Å². The Kier molecular flexibility index (Phi) is 6.92. The number of carbonyl (C=O) groups excluding carboxylic acids is 1. The predicted molar refractivity (Wildman–Crippen MR) is 144 cm³/mol. The first-order valence-corrected chi connectivity index (χ1v) is 12.8. The molecule has 37 heavy (non-hydrogen) atoms. The van der Waals surface area contributed by atoms with E-state index in [0.717, 1.165) is 32.5 Å². The van der Waals surface area contributed by atoms with Gasteiger partial charge < -0.3 is 20.7 Å². The van der Waals surface area contributed by atoms with Crippen LogP contribution in [0.15, 0.2) is 43.0 Å². The molecule has 0 saturated carbocycles. The third kappa shape index (κ3) is 5.19. The number of benzene rings is 1. The summed E-state index contributed by atoms with van der Waals surface area (Å²) in [5.74, 6) is 1.28. The summed E-state index contributed by atoms with van der Waals surface area (Å²) in [7, 11) is 0. The Bertz CT molecular complexity index is 1320. The molecule has 0 radical (unpaired) electrons. The number of rotatable bonds is 6. The number of amides is 1. The minimum Gasteiger partial charge on any atom is -0.486 e. The Morgan fingerprint density at radius 1 is 1.16 bits per heavy atom. The SMILES string of the molecule is C[C@@H](Oc1ccc(N)c(C(=N)c2cnc(N3CCC4(CC3)CNC(=O)C4)nc2)c1)c1c(Cl)cncc1Cl. The molecule has 5 rings (SSSR count). The third-order valence-electron chi connectivity index (χ3n) is 7.13. The van der Waals surface area contributed by atoms with Crippen molar-refractivity contribution in [2.45, 2.75) is 32.3 Å². The van der Waals surface area contributed by atoms with E-state index in [2.05, 4.69) is 25.2 Å². The number of piperidine rings is 1. The molecule has 4 heterocycles. The second-order valence-corrected chi connectivity index (χ2v) is 10.4. The lowest BCUT2D eigenvalue weighted by atomic mass is 9.78. The van der Waals surface area contributed by atoms with Crippen LogP contribution in [0.2, 0.25) is 10.0 Å². The van der Waals surface area contributed by atoms with E-state index in [-0.39, 0.29) is 17.0 Å². The molecule has 0 bridgehead atoms. The number of nitrogens with two attached hydrogens (primary N) is 1. The first kappa shape index (κ1) is 25.2. The fourth-order valence-electron chi connectivity index (χ4n) is 4.95. The number of nitrogens with zero attached hydrogens (tertiary/aromatic N) is 4. The van der Waals surface area contributed by atoms with Gasteiger partial charge in [-0.05, 0) is 43.4 Å². The molecule has 1 spiro atoms. The van der Waals surface area contributed by atoms with Crippen molar-refractivity contribution in [1.82, 2.24) is 20.3 Å². The van der Waals surface area contributed by atoms with Gasteiger partial charge in [0.15, 0.2) is 0 Å². The molecular formula is C26H27Cl2N7O2. The third-order valence-corrected chi connectivity index (χ3v) is 7.74. The maximum Gasteiger partial charge on any atom is 0.225 e. The molecule has 1 aromatic carbocycles. The minimum absolute atomic E-state index is 0.0613. The maximum absolute atomic E-state index is 11.7. The van der Waals surface area contributed by atoms with Gasteiger partial charge in [0.2, 0.25) is 11.9 Å². The number of pyridine rings is 1. The van der Waals surface area contributed by atoms with Gasteiger partial charge in [0.25, 0.3) is 0 Å². The number of ether oxygens (including phenoxy) is 1. The van der Waals surface area contributed by atoms with Crippen molar-refractivity contribution >= 4 is 46.5 Å². The Morgan fingerprint density at radius 2 is 1.84 bits per heavy atom. The number of hydrogen-bond acceptors (Lipinski definition) is 8. The van der Waals surface area contributed by atoms with Gasteiger partial charge >= 0.3 is 0 Å². The largest absolute Gasteiger partial charge is 0.486 e. The van der Waals surface area contributed by atoms with Crippen LogP contribution in [-0.4, -0.2) is 46.2 Å².